The third kappa shape index (κ3) is 1.91. The Bertz CT molecular complexity index is 1000. The molecule has 0 spiro atoms. The molecule has 0 saturated heterocycles. The van der Waals surface area contributed by atoms with Crippen LogP contribution in [0.5, 0.6) is 0 Å². The molecule has 0 unspecified atom stereocenters. The van der Waals surface area contributed by atoms with Gasteiger partial charge in [-0.25, -0.2) is 4.79 Å². The number of hydrogen-bond acceptors (Lipinski definition) is 3. The van der Waals surface area contributed by atoms with Gasteiger partial charge in [-0.1, -0.05) is 42.5 Å². The maximum Gasteiger partial charge on any atom is 0.344 e. The molecule has 2 aromatic carbocycles. The molecule has 0 amide bonds. The molecule has 100 valence electrons. The van der Waals surface area contributed by atoms with Gasteiger partial charge >= 0.3 is 5.63 Å². The summed E-state index contributed by atoms with van der Waals surface area (Å²) >= 11 is 0. The van der Waals surface area contributed by atoms with Crippen molar-refractivity contribution in [1.29, 1.82) is 0 Å². The van der Waals surface area contributed by atoms with Gasteiger partial charge in [0.05, 0.1) is 11.1 Å². The van der Waals surface area contributed by atoms with Crippen molar-refractivity contribution in [3.8, 4) is 11.1 Å². The summed E-state index contributed by atoms with van der Waals surface area (Å²) in [5.74, 6) is 0. The molecule has 3 nitrogen and oxygen atoms in total. The minimum Gasteiger partial charge on any atom is -0.421 e. The molecule has 3 heteroatoms. The van der Waals surface area contributed by atoms with Crippen molar-refractivity contribution >= 4 is 21.9 Å². The lowest BCUT2D eigenvalue weighted by molar-refractivity contribution is 0.566. The summed E-state index contributed by atoms with van der Waals surface area (Å²) in [5, 5.41) is 1.68. The zero-order chi connectivity index (χ0) is 14.2. The van der Waals surface area contributed by atoms with E-state index in [0.29, 0.717) is 11.1 Å². The molecule has 0 saturated carbocycles. The lowest BCUT2D eigenvalue weighted by Crippen LogP contribution is -2.03. The van der Waals surface area contributed by atoms with E-state index in [9.17, 15) is 4.79 Å². The van der Waals surface area contributed by atoms with Gasteiger partial charge < -0.3 is 4.42 Å². The summed E-state index contributed by atoms with van der Waals surface area (Å²) in [7, 11) is 0. The Labute approximate surface area is 120 Å². The molecule has 2 heterocycles. The third-order valence-electron chi connectivity index (χ3n) is 3.55. The van der Waals surface area contributed by atoms with Crippen molar-refractivity contribution in [2.75, 3.05) is 0 Å². The molecule has 0 atom stereocenters. The number of nitrogens with zero attached hydrogens (tertiary/aromatic N) is 1. The van der Waals surface area contributed by atoms with Crippen molar-refractivity contribution in [3.63, 3.8) is 0 Å². The molecule has 21 heavy (non-hydrogen) atoms. The summed E-state index contributed by atoms with van der Waals surface area (Å²) < 4.78 is 5.56. The zero-order valence-corrected chi connectivity index (χ0v) is 11.1. The second kappa shape index (κ2) is 4.56. The lowest BCUT2D eigenvalue weighted by Gasteiger charge is -2.04. The summed E-state index contributed by atoms with van der Waals surface area (Å²) in [6, 6.07) is 19.0. The van der Waals surface area contributed by atoms with Crippen molar-refractivity contribution in [2.45, 2.75) is 0 Å². The highest BCUT2D eigenvalue weighted by atomic mass is 16.4. The molecule has 0 fully saturated rings. The van der Waals surface area contributed by atoms with E-state index in [1.165, 1.54) is 0 Å². The minimum atomic E-state index is -0.329. The number of para-hydroxylation sites is 1. The number of fused-ring (bicyclic) bond motifs is 3. The first-order valence-corrected chi connectivity index (χ1v) is 6.70. The van der Waals surface area contributed by atoms with Gasteiger partial charge in [-0.05, 0) is 23.8 Å². The normalized spacial score (nSPS) is 11.0. The first-order valence-electron chi connectivity index (χ1n) is 6.70. The minimum absolute atomic E-state index is 0.329. The molecule has 0 aliphatic heterocycles. The smallest absolute Gasteiger partial charge is 0.344 e. The highest BCUT2D eigenvalue weighted by Gasteiger charge is 2.10. The van der Waals surface area contributed by atoms with E-state index in [0.717, 1.165) is 21.9 Å². The number of rotatable bonds is 1. The van der Waals surface area contributed by atoms with E-state index in [1.807, 2.05) is 60.7 Å². The fourth-order valence-electron chi connectivity index (χ4n) is 2.53. The van der Waals surface area contributed by atoms with E-state index in [2.05, 4.69) is 4.98 Å². The number of aromatic nitrogens is 1. The molecule has 0 aliphatic rings. The van der Waals surface area contributed by atoms with E-state index >= 15 is 0 Å². The van der Waals surface area contributed by atoms with Crippen LogP contribution in [0.4, 0.5) is 0 Å². The van der Waals surface area contributed by atoms with Crippen LogP contribution in [-0.2, 0) is 0 Å². The first kappa shape index (κ1) is 11.9. The Hall–Kier alpha value is -2.94. The van der Waals surface area contributed by atoms with Crippen LogP contribution in [-0.4, -0.2) is 4.98 Å². The molecule has 4 aromatic rings. The standard InChI is InChI=1S/C18H11NO2/c20-18-15(12-6-2-1-3-7-12)10-13-11-19-16-9-5-4-8-14(16)17(13)21-18/h1-11H. The largest absolute Gasteiger partial charge is 0.421 e. The van der Waals surface area contributed by atoms with Crippen LogP contribution < -0.4 is 5.63 Å². The third-order valence-corrected chi connectivity index (χ3v) is 3.55. The number of hydrogen-bond donors (Lipinski definition) is 0. The van der Waals surface area contributed by atoms with Crippen LogP contribution in [0.3, 0.4) is 0 Å². The number of benzene rings is 2. The molecule has 4 rings (SSSR count). The fourth-order valence-corrected chi connectivity index (χ4v) is 2.53. The van der Waals surface area contributed by atoms with Crippen LogP contribution in [0.1, 0.15) is 0 Å². The number of pyridine rings is 1. The molecule has 0 radical (unpaired) electrons. The Morgan fingerprint density at radius 3 is 2.52 bits per heavy atom. The summed E-state index contributed by atoms with van der Waals surface area (Å²) in [6.45, 7) is 0. The lowest BCUT2D eigenvalue weighted by atomic mass is 10.1. The maximum atomic E-state index is 12.3. The van der Waals surface area contributed by atoms with Gasteiger partial charge in [0.2, 0.25) is 0 Å². The van der Waals surface area contributed by atoms with Crippen LogP contribution in [0.15, 0.2) is 76.1 Å². The second-order valence-corrected chi connectivity index (χ2v) is 4.87. The highest BCUT2D eigenvalue weighted by molar-refractivity contribution is 6.02. The summed E-state index contributed by atoms with van der Waals surface area (Å²) in [6.07, 6.45) is 1.74. The van der Waals surface area contributed by atoms with Crippen LogP contribution >= 0.6 is 0 Å². The monoisotopic (exact) mass is 273 g/mol. The summed E-state index contributed by atoms with van der Waals surface area (Å²) in [4.78, 5) is 16.7. The zero-order valence-electron chi connectivity index (χ0n) is 11.1. The Balaban J connectivity index is 2.08. The van der Waals surface area contributed by atoms with E-state index in [1.54, 1.807) is 6.20 Å². The first-order chi connectivity index (χ1) is 10.3. The van der Waals surface area contributed by atoms with Gasteiger partial charge in [0.15, 0.2) is 0 Å². The predicted molar refractivity (Wildman–Crippen MR) is 83.2 cm³/mol. The SMILES string of the molecule is O=c1oc2c(cnc3ccccc32)cc1-c1ccccc1. The van der Waals surface area contributed by atoms with Gasteiger partial charge in [0, 0.05) is 17.0 Å². The van der Waals surface area contributed by atoms with Crippen LogP contribution in [0.25, 0.3) is 33.0 Å². The predicted octanol–water partition coefficient (Wildman–Crippen LogP) is 4.01. The molecule has 0 bridgehead atoms. The molecule has 2 aromatic heterocycles. The topological polar surface area (TPSA) is 43.1 Å². The quantitative estimate of drug-likeness (QED) is 0.492. The van der Waals surface area contributed by atoms with Crippen LogP contribution in [0, 0.1) is 0 Å². The fraction of sp³-hybridized carbons (Fsp3) is 0. The van der Waals surface area contributed by atoms with Gasteiger partial charge in [-0.2, -0.15) is 0 Å². The van der Waals surface area contributed by atoms with Crippen LogP contribution in [0.2, 0.25) is 0 Å². The molecule has 0 N–H and O–H groups in total. The van der Waals surface area contributed by atoms with Crippen molar-refractivity contribution in [1.82, 2.24) is 4.98 Å². The average Bonchev–Trinajstić information content (AvgIpc) is 2.55. The van der Waals surface area contributed by atoms with Crippen molar-refractivity contribution < 1.29 is 4.42 Å². The average molecular weight is 273 g/mol. The van der Waals surface area contributed by atoms with E-state index < -0.39 is 0 Å². The maximum absolute atomic E-state index is 12.3. The van der Waals surface area contributed by atoms with Crippen molar-refractivity contribution in [2.24, 2.45) is 0 Å². The van der Waals surface area contributed by atoms with E-state index in [-0.39, 0.29) is 5.63 Å². The molecule has 0 aliphatic carbocycles. The Morgan fingerprint density at radius 1 is 0.905 bits per heavy atom. The van der Waals surface area contributed by atoms with Gasteiger partial charge in [0.1, 0.15) is 5.58 Å². The summed E-state index contributed by atoms with van der Waals surface area (Å²) in [5.41, 5.74) is 2.48. The highest BCUT2D eigenvalue weighted by Crippen LogP contribution is 2.25. The Kier molecular flexibility index (Phi) is 2.57. The second-order valence-electron chi connectivity index (χ2n) is 4.87. The van der Waals surface area contributed by atoms with Crippen molar-refractivity contribution in [3.05, 3.63) is 77.3 Å². The Morgan fingerprint density at radius 2 is 1.67 bits per heavy atom. The van der Waals surface area contributed by atoms with Gasteiger partial charge in [0.25, 0.3) is 0 Å². The molecular formula is C18H11NO2. The van der Waals surface area contributed by atoms with Gasteiger partial charge in [-0.15, -0.1) is 0 Å². The van der Waals surface area contributed by atoms with Gasteiger partial charge in [-0.3, -0.25) is 4.98 Å². The molecular weight excluding hydrogens is 262 g/mol. The van der Waals surface area contributed by atoms with E-state index in [4.69, 9.17) is 4.42 Å².